The molecule has 3 rings (SSSR count). The van der Waals surface area contributed by atoms with E-state index in [9.17, 15) is 8.42 Å². The van der Waals surface area contributed by atoms with Gasteiger partial charge in [0.2, 0.25) is 0 Å². The highest BCUT2D eigenvalue weighted by molar-refractivity contribution is 7.89. The summed E-state index contributed by atoms with van der Waals surface area (Å²) in [5, 5.41) is 4.32. The lowest BCUT2D eigenvalue weighted by molar-refractivity contribution is 0.304. The van der Waals surface area contributed by atoms with Gasteiger partial charge in [-0.15, -0.1) is 0 Å². The zero-order chi connectivity index (χ0) is 25.6. The Morgan fingerprint density at radius 1 is 0.750 bits per heavy atom. The molecule has 0 aliphatic heterocycles. The Kier molecular flexibility index (Phi) is 11.0. The molecule has 192 valence electrons. The van der Waals surface area contributed by atoms with Crippen LogP contribution in [0.15, 0.2) is 88.9 Å². The maximum absolute atomic E-state index is 12.8. The second-order valence-electron chi connectivity index (χ2n) is 9.08. The van der Waals surface area contributed by atoms with Crippen molar-refractivity contribution in [2.45, 2.75) is 70.1 Å². The quantitative estimate of drug-likeness (QED) is 0.134. The highest BCUT2D eigenvalue weighted by Gasteiger charge is 2.14. The number of rotatable bonds is 15. The minimum absolute atomic E-state index is 0.175. The number of hydrazone groups is 1. The lowest BCUT2D eigenvalue weighted by Crippen LogP contribution is -2.21. The summed E-state index contributed by atoms with van der Waals surface area (Å²) in [5.74, 6) is 0.800. The molecule has 0 radical (unpaired) electrons. The summed E-state index contributed by atoms with van der Waals surface area (Å²) in [6.45, 7) is 4.86. The predicted molar refractivity (Wildman–Crippen MR) is 148 cm³/mol. The van der Waals surface area contributed by atoms with Crippen LogP contribution in [0.2, 0.25) is 0 Å². The minimum atomic E-state index is -3.79. The zero-order valence-electron chi connectivity index (χ0n) is 21.4. The molecular weight excluding hydrogens is 468 g/mol. The molecule has 0 aliphatic rings. The molecule has 0 heterocycles. The van der Waals surface area contributed by atoms with E-state index < -0.39 is 10.0 Å². The summed E-state index contributed by atoms with van der Waals surface area (Å²) < 4.78 is 31.5. The number of benzene rings is 3. The molecule has 5 nitrogen and oxygen atoms in total. The Balaban J connectivity index is 1.62. The van der Waals surface area contributed by atoms with E-state index >= 15 is 0 Å². The second-order valence-corrected chi connectivity index (χ2v) is 10.7. The molecule has 1 N–H and O–H groups in total. The maximum atomic E-state index is 12.8. The molecule has 6 heteroatoms. The number of aryl methyl sites for hydroxylation is 1. The third-order valence-corrected chi connectivity index (χ3v) is 7.27. The van der Waals surface area contributed by atoms with Crippen molar-refractivity contribution in [1.29, 1.82) is 0 Å². The molecule has 3 aromatic carbocycles. The van der Waals surface area contributed by atoms with E-state index in [1.165, 1.54) is 44.9 Å². The van der Waals surface area contributed by atoms with Gasteiger partial charge in [-0.3, -0.25) is 0 Å². The van der Waals surface area contributed by atoms with Gasteiger partial charge in [0.05, 0.1) is 17.2 Å². The fourth-order valence-corrected chi connectivity index (χ4v) is 4.71. The van der Waals surface area contributed by atoms with Crippen LogP contribution in [-0.4, -0.2) is 20.7 Å². The highest BCUT2D eigenvalue weighted by atomic mass is 32.2. The summed E-state index contributed by atoms with van der Waals surface area (Å²) >= 11 is 0. The van der Waals surface area contributed by atoms with Gasteiger partial charge >= 0.3 is 0 Å². The van der Waals surface area contributed by atoms with E-state index in [4.69, 9.17) is 4.74 Å². The first kappa shape index (κ1) is 27.5. The molecule has 0 unspecified atom stereocenters. The number of sulfonamides is 1. The van der Waals surface area contributed by atoms with Crippen molar-refractivity contribution in [3.05, 3.63) is 95.6 Å². The Morgan fingerprint density at radius 2 is 1.33 bits per heavy atom. The fraction of sp³-hybridized carbons (Fsp3) is 0.367. The second kappa shape index (κ2) is 14.4. The average Bonchev–Trinajstić information content (AvgIpc) is 2.89. The molecule has 0 aromatic heterocycles. The van der Waals surface area contributed by atoms with Crippen LogP contribution in [0.1, 0.15) is 75.0 Å². The molecule has 0 saturated carbocycles. The van der Waals surface area contributed by atoms with E-state index in [1.54, 1.807) is 24.3 Å². The summed E-state index contributed by atoms with van der Waals surface area (Å²) in [6, 6.07) is 23.9. The Morgan fingerprint density at radius 3 is 1.97 bits per heavy atom. The normalized spacial score (nSPS) is 11.9. The molecule has 0 spiro atoms. The highest BCUT2D eigenvalue weighted by Crippen LogP contribution is 2.18. The average molecular weight is 507 g/mol. The van der Waals surface area contributed by atoms with Crippen molar-refractivity contribution in [1.82, 2.24) is 4.83 Å². The van der Waals surface area contributed by atoms with Gasteiger partial charge in [-0.2, -0.15) is 18.4 Å². The lowest BCUT2D eigenvalue weighted by Gasteiger charge is -2.11. The number of nitrogens with one attached hydrogen (secondary N) is 1. The van der Waals surface area contributed by atoms with E-state index in [2.05, 4.69) is 16.9 Å². The Labute approximate surface area is 216 Å². The van der Waals surface area contributed by atoms with Crippen LogP contribution in [0.25, 0.3) is 0 Å². The van der Waals surface area contributed by atoms with Crippen LogP contribution in [0.3, 0.4) is 0 Å². The predicted octanol–water partition coefficient (Wildman–Crippen LogP) is 7.25. The SMILES string of the molecule is CCCCCCCCCCOc1ccc(C(=NNS(=O)(=O)c2ccc(C)cc2)c2ccccc2)cc1. The van der Waals surface area contributed by atoms with Gasteiger partial charge in [0.15, 0.2) is 0 Å². The van der Waals surface area contributed by atoms with E-state index in [-0.39, 0.29) is 4.90 Å². The van der Waals surface area contributed by atoms with Gasteiger partial charge in [-0.25, -0.2) is 0 Å². The molecule has 0 fully saturated rings. The first-order chi connectivity index (χ1) is 17.5. The molecule has 0 amide bonds. The molecule has 3 aromatic rings. The van der Waals surface area contributed by atoms with Crippen LogP contribution in [-0.2, 0) is 10.0 Å². The number of nitrogens with zero attached hydrogens (tertiary/aromatic N) is 1. The first-order valence-corrected chi connectivity index (χ1v) is 14.4. The van der Waals surface area contributed by atoms with Gasteiger partial charge < -0.3 is 4.74 Å². The van der Waals surface area contributed by atoms with Crippen molar-refractivity contribution in [2.75, 3.05) is 6.61 Å². The molecule has 36 heavy (non-hydrogen) atoms. The first-order valence-electron chi connectivity index (χ1n) is 12.9. The monoisotopic (exact) mass is 506 g/mol. The van der Waals surface area contributed by atoms with Crippen molar-refractivity contribution < 1.29 is 13.2 Å². The summed E-state index contributed by atoms with van der Waals surface area (Å²) in [6.07, 6.45) is 10.1. The van der Waals surface area contributed by atoms with Gasteiger partial charge in [0.25, 0.3) is 10.0 Å². The Hall–Kier alpha value is -3.12. The van der Waals surface area contributed by atoms with Gasteiger partial charge in [-0.1, -0.05) is 99.9 Å². The van der Waals surface area contributed by atoms with Crippen molar-refractivity contribution in [3.8, 4) is 5.75 Å². The Bertz CT molecular complexity index is 1170. The number of ether oxygens (including phenoxy) is 1. The molecular formula is C30H38N2O3S. The van der Waals surface area contributed by atoms with E-state index in [0.717, 1.165) is 28.9 Å². The smallest absolute Gasteiger partial charge is 0.276 e. The number of hydrogen-bond donors (Lipinski definition) is 1. The van der Waals surface area contributed by atoms with Gasteiger partial charge in [0.1, 0.15) is 5.75 Å². The standard InChI is InChI=1S/C30H38N2O3S/c1-3-4-5-6-7-8-9-13-24-35-28-20-18-27(19-21-28)30(26-14-11-10-12-15-26)31-32-36(33,34)29-22-16-25(2)17-23-29/h10-12,14-23,32H,3-9,13,24H2,1-2H3. The molecule has 0 saturated heterocycles. The van der Waals surface area contributed by atoms with Crippen LogP contribution in [0, 0.1) is 6.92 Å². The van der Waals surface area contributed by atoms with Crippen LogP contribution in [0.5, 0.6) is 5.75 Å². The zero-order valence-corrected chi connectivity index (χ0v) is 22.3. The van der Waals surface area contributed by atoms with Crippen LogP contribution < -0.4 is 9.57 Å². The van der Waals surface area contributed by atoms with Gasteiger partial charge in [0, 0.05) is 11.1 Å². The lowest BCUT2D eigenvalue weighted by atomic mass is 10.0. The largest absolute Gasteiger partial charge is 0.494 e. The van der Waals surface area contributed by atoms with Crippen LogP contribution in [0.4, 0.5) is 0 Å². The van der Waals surface area contributed by atoms with E-state index in [0.29, 0.717) is 12.3 Å². The summed E-state index contributed by atoms with van der Waals surface area (Å²) in [5.41, 5.74) is 3.15. The summed E-state index contributed by atoms with van der Waals surface area (Å²) in [7, 11) is -3.79. The molecule has 0 atom stereocenters. The number of hydrogen-bond acceptors (Lipinski definition) is 4. The van der Waals surface area contributed by atoms with Crippen LogP contribution >= 0.6 is 0 Å². The number of unbranched alkanes of at least 4 members (excludes halogenated alkanes) is 7. The van der Waals surface area contributed by atoms with Gasteiger partial charge in [-0.05, 0) is 49.7 Å². The van der Waals surface area contributed by atoms with Crippen molar-refractivity contribution >= 4 is 15.7 Å². The summed E-state index contributed by atoms with van der Waals surface area (Å²) in [4.78, 5) is 2.58. The van der Waals surface area contributed by atoms with Crippen molar-refractivity contribution in [3.63, 3.8) is 0 Å². The minimum Gasteiger partial charge on any atom is -0.494 e. The van der Waals surface area contributed by atoms with E-state index in [1.807, 2.05) is 61.5 Å². The van der Waals surface area contributed by atoms with Crippen molar-refractivity contribution in [2.24, 2.45) is 5.10 Å². The third-order valence-electron chi connectivity index (χ3n) is 6.05. The topological polar surface area (TPSA) is 67.8 Å². The molecule has 0 bridgehead atoms. The molecule has 0 aliphatic carbocycles. The third kappa shape index (κ3) is 8.83. The fourth-order valence-electron chi connectivity index (χ4n) is 3.90. The maximum Gasteiger partial charge on any atom is 0.276 e.